The molecule has 0 saturated carbocycles. The quantitative estimate of drug-likeness (QED) is 0.198. The number of hydrogen-bond acceptors (Lipinski definition) is 9. The summed E-state index contributed by atoms with van der Waals surface area (Å²) in [6, 6.07) is 13.4. The van der Waals surface area contributed by atoms with Gasteiger partial charge in [-0.05, 0) is 70.7 Å². The third kappa shape index (κ3) is 7.71. The molecular weight excluding hydrogens is 633 g/mol. The maximum absolute atomic E-state index is 14.9. The van der Waals surface area contributed by atoms with Crippen LogP contribution in [0.25, 0.3) is 11.5 Å². The Morgan fingerprint density at radius 1 is 1.19 bits per heavy atom. The van der Waals surface area contributed by atoms with Crippen molar-refractivity contribution in [2.24, 2.45) is 0 Å². The van der Waals surface area contributed by atoms with Crippen LogP contribution in [0.2, 0.25) is 0 Å². The van der Waals surface area contributed by atoms with Gasteiger partial charge in [0.05, 0.1) is 37.0 Å². The molecule has 2 aromatic carbocycles. The first-order valence-corrected chi connectivity index (χ1v) is 17.2. The van der Waals surface area contributed by atoms with E-state index < -0.39 is 36.1 Å². The van der Waals surface area contributed by atoms with E-state index in [4.69, 9.17) is 9.15 Å². The van der Waals surface area contributed by atoms with Crippen molar-refractivity contribution < 1.29 is 28.2 Å². The zero-order chi connectivity index (χ0) is 34.0. The molecule has 0 spiro atoms. The number of aromatic nitrogens is 2. The molecular formula is C36H42FN5O5S. The molecule has 0 bridgehead atoms. The number of carbonyl (C=O) groups excluding carboxylic acids is 2. The Morgan fingerprint density at radius 3 is 2.67 bits per heavy atom. The lowest BCUT2D eigenvalue weighted by Gasteiger charge is -2.35. The topological polar surface area (TPSA) is 121 Å². The van der Waals surface area contributed by atoms with Crippen molar-refractivity contribution in [2.45, 2.75) is 89.4 Å². The Morgan fingerprint density at radius 2 is 1.98 bits per heavy atom. The summed E-state index contributed by atoms with van der Waals surface area (Å²) in [6.45, 7) is 7.65. The standard InChI is InChI=1S/C36H42FN5O5S/c1-22-21-48-33(39-22)29-11-8-13-41(29)34(44)25-16-24(32-38-12-14-46-32)17-27(18-25)40-28(15-23-9-6-5-7-10-23)31(43)30-19-26(37)20-42(30)35(45)47-36(2,3)4/h5-7,9-10,12,14,16-18,21,26,28-31,40,43H,8,11,13,15,19-20H2,1-4H3/t26?,28-,29+,30?,31-/m0/s1. The number of carbonyl (C=O) groups is 2. The first kappa shape index (κ1) is 33.6. The minimum absolute atomic E-state index is 0.0277. The third-order valence-corrected chi connectivity index (χ3v) is 9.74. The minimum atomic E-state index is -1.30. The highest BCUT2D eigenvalue weighted by molar-refractivity contribution is 7.09. The fourth-order valence-electron chi connectivity index (χ4n) is 6.56. The van der Waals surface area contributed by atoms with E-state index in [-0.39, 0.29) is 24.9 Å². The molecule has 4 aromatic rings. The van der Waals surface area contributed by atoms with Gasteiger partial charge in [-0.2, -0.15) is 0 Å². The Labute approximate surface area is 283 Å². The normalized spacial score (nSPS) is 20.9. The summed E-state index contributed by atoms with van der Waals surface area (Å²) in [4.78, 5) is 39.5. The van der Waals surface area contributed by atoms with Gasteiger partial charge in [-0.15, -0.1) is 11.3 Å². The maximum Gasteiger partial charge on any atom is 0.410 e. The molecule has 254 valence electrons. The van der Waals surface area contributed by atoms with E-state index in [1.165, 1.54) is 11.2 Å². The number of oxazole rings is 1. The number of aliphatic hydroxyl groups excluding tert-OH is 1. The number of thiazole rings is 1. The predicted molar refractivity (Wildman–Crippen MR) is 182 cm³/mol. The molecule has 12 heteroatoms. The number of nitrogens with zero attached hydrogens (tertiary/aromatic N) is 4. The van der Waals surface area contributed by atoms with Crippen molar-refractivity contribution in [3.05, 3.63) is 88.2 Å². The van der Waals surface area contributed by atoms with E-state index in [1.54, 1.807) is 50.4 Å². The van der Waals surface area contributed by atoms with E-state index >= 15 is 0 Å². The Bertz CT molecular complexity index is 1710. The number of nitrogens with one attached hydrogen (secondary N) is 1. The van der Waals surface area contributed by atoms with Gasteiger partial charge in [-0.25, -0.2) is 19.2 Å². The van der Waals surface area contributed by atoms with Crippen LogP contribution in [-0.2, 0) is 11.2 Å². The van der Waals surface area contributed by atoms with Gasteiger partial charge in [0.15, 0.2) is 0 Å². The molecule has 6 rings (SSSR count). The number of hydrogen-bond donors (Lipinski definition) is 2. The lowest BCUT2D eigenvalue weighted by molar-refractivity contribution is 0.00194. The fourth-order valence-corrected chi connectivity index (χ4v) is 7.50. The van der Waals surface area contributed by atoms with Crippen LogP contribution in [0, 0.1) is 6.92 Å². The van der Waals surface area contributed by atoms with Crippen LogP contribution in [0.1, 0.15) is 72.7 Å². The van der Waals surface area contributed by atoms with Gasteiger partial charge in [0.25, 0.3) is 5.91 Å². The summed E-state index contributed by atoms with van der Waals surface area (Å²) in [6.07, 6.45) is 1.90. The number of likely N-dealkylation sites (tertiary alicyclic amines) is 2. The number of rotatable bonds is 9. The van der Waals surface area contributed by atoms with Gasteiger partial charge < -0.3 is 24.5 Å². The molecule has 0 radical (unpaired) electrons. The van der Waals surface area contributed by atoms with Gasteiger partial charge in [-0.3, -0.25) is 9.69 Å². The smallest absolute Gasteiger partial charge is 0.410 e. The molecule has 2 saturated heterocycles. The number of anilines is 1. The number of alkyl halides is 1. The molecule has 2 aromatic heterocycles. The monoisotopic (exact) mass is 675 g/mol. The second kappa shape index (κ2) is 14.1. The van der Waals surface area contributed by atoms with Crippen LogP contribution in [0.4, 0.5) is 14.9 Å². The molecule has 5 atom stereocenters. The van der Waals surface area contributed by atoms with Crippen molar-refractivity contribution in [1.82, 2.24) is 19.8 Å². The zero-order valence-corrected chi connectivity index (χ0v) is 28.5. The van der Waals surface area contributed by atoms with E-state index in [2.05, 4.69) is 15.3 Å². The first-order chi connectivity index (χ1) is 22.9. The maximum atomic E-state index is 14.9. The third-order valence-electron chi connectivity index (χ3n) is 8.67. The first-order valence-electron chi connectivity index (χ1n) is 16.4. The van der Waals surface area contributed by atoms with Crippen LogP contribution in [0.3, 0.4) is 0 Å². The van der Waals surface area contributed by atoms with E-state index in [0.29, 0.717) is 35.7 Å². The molecule has 2 aliphatic rings. The van der Waals surface area contributed by atoms with Crippen LogP contribution in [0.5, 0.6) is 0 Å². The minimum Gasteiger partial charge on any atom is -0.445 e. The lowest BCUT2D eigenvalue weighted by Crippen LogP contribution is -2.51. The molecule has 10 nitrogen and oxygen atoms in total. The molecule has 0 aliphatic carbocycles. The average molecular weight is 676 g/mol. The molecule has 2 aliphatic heterocycles. The highest BCUT2D eigenvalue weighted by atomic mass is 32.1. The Kier molecular flexibility index (Phi) is 9.84. The number of halogens is 1. The average Bonchev–Trinajstić information content (AvgIpc) is 3.87. The summed E-state index contributed by atoms with van der Waals surface area (Å²) < 4.78 is 26.1. The van der Waals surface area contributed by atoms with Gasteiger partial charge in [0, 0.05) is 40.9 Å². The predicted octanol–water partition coefficient (Wildman–Crippen LogP) is 6.82. The highest BCUT2D eigenvalue weighted by Crippen LogP contribution is 2.36. The molecule has 2 N–H and O–H groups in total. The van der Waals surface area contributed by atoms with E-state index in [9.17, 15) is 19.1 Å². The van der Waals surface area contributed by atoms with Crippen LogP contribution in [0.15, 0.2) is 70.8 Å². The number of ether oxygens (including phenoxy) is 1. The Balaban J connectivity index is 1.34. The number of aliphatic hydroxyl groups is 1. The summed E-state index contributed by atoms with van der Waals surface area (Å²) in [5, 5.41) is 18.3. The van der Waals surface area contributed by atoms with Crippen molar-refractivity contribution in [1.29, 1.82) is 0 Å². The molecule has 48 heavy (non-hydrogen) atoms. The van der Waals surface area contributed by atoms with Crippen LogP contribution >= 0.6 is 11.3 Å². The number of amides is 2. The van der Waals surface area contributed by atoms with Crippen LogP contribution < -0.4 is 5.32 Å². The Hall–Kier alpha value is -4.29. The highest BCUT2D eigenvalue weighted by Gasteiger charge is 2.44. The summed E-state index contributed by atoms with van der Waals surface area (Å²) >= 11 is 1.56. The van der Waals surface area contributed by atoms with Crippen molar-refractivity contribution >= 4 is 29.0 Å². The fraction of sp³-hybridized carbons (Fsp3) is 0.444. The van der Waals surface area contributed by atoms with Gasteiger partial charge in [0.2, 0.25) is 5.89 Å². The lowest BCUT2D eigenvalue weighted by atomic mass is 9.94. The summed E-state index contributed by atoms with van der Waals surface area (Å²) in [7, 11) is 0. The van der Waals surface area contributed by atoms with Gasteiger partial charge in [0.1, 0.15) is 23.0 Å². The SMILES string of the molecule is Cc1csc([C@H]2CCCN2C(=O)c2cc(N[C@@H](Cc3ccccc3)[C@H](O)C3CC(F)CN3C(=O)OC(C)(C)C)cc(-c3ncco3)c2)n1. The van der Waals surface area contributed by atoms with E-state index in [0.717, 1.165) is 29.1 Å². The molecule has 4 heterocycles. The second-order valence-corrected chi connectivity index (χ2v) is 14.5. The van der Waals surface area contributed by atoms with Gasteiger partial charge >= 0.3 is 6.09 Å². The number of benzene rings is 2. The zero-order valence-electron chi connectivity index (χ0n) is 27.6. The van der Waals surface area contributed by atoms with E-state index in [1.807, 2.05) is 53.6 Å². The number of aryl methyl sites for hydroxylation is 1. The van der Waals surface area contributed by atoms with Crippen molar-refractivity contribution in [3.63, 3.8) is 0 Å². The molecule has 2 amide bonds. The summed E-state index contributed by atoms with van der Waals surface area (Å²) in [5.74, 6) is 0.197. The molecule has 2 unspecified atom stereocenters. The van der Waals surface area contributed by atoms with Gasteiger partial charge in [-0.1, -0.05) is 30.3 Å². The summed E-state index contributed by atoms with van der Waals surface area (Å²) in [5.41, 5.74) is 2.66. The van der Waals surface area contributed by atoms with Crippen molar-refractivity contribution in [3.8, 4) is 11.5 Å². The largest absolute Gasteiger partial charge is 0.445 e. The second-order valence-electron chi connectivity index (χ2n) is 13.6. The van der Waals surface area contributed by atoms with Crippen molar-refractivity contribution in [2.75, 3.05) is 18.4 Å². The molecule has 2 fully saturated rings. The van der Waals surface area contributed by atoms with Crippen LogP contribution in [-0.4, -0.2) is 79.9 Å².